The molecule has 25 heavy (non-hydrogen) atoms. The summed E-state index contributed by atoms with van der Waals surface area (Å²) in [5.41, 5.74) is 1.26. The number of ether oxygens (including phenoxy) is 1. The predicted molar refractivity (Wildman–Crippen MR) is 91.8 cm³/mol. The molecule has 0 aliphatic rings. The van der Waals surface area contributed by atoms with Crippen molar-refractivity contribution in [1.82, 2.24) is 4.57 Å². The number of halogens is 4. The first-order valence-corrected chi connectivity index (χ1v) is 7.92. The molecule has 1 aromatic heterocycles. The fraction of sp³-hybridized carbons (Fsp3) is 0.158. The van der Waals surface area contributed by atoms with Crippen LogP contribution in [0.3, 0.4) is 0 Å². The SMILES string of the molecule is Cc1cc(Oc2ccc(C(F)(F)F)cc2-n2cccc2)cc(C)c1Cl. The fourth-order valence-electron chi connectivity index (χ4n) is 2.57. The molecule has 0 aliphatic heterocycles. The van der Waals surface area contributed by atoms with Crippen LogP contribution in [0.25, 0.3) is 5.69 Å². The van der Waals surface area contributed by atoms with Crippen molar-refractivity contribution < 1.29 is 17.9 Å². The van der Waals surface area contributed by atoms with Gasteiger partial charge in [-0.2, -0.15) is 13.2 Å². The van der Waals surface area contributed by atoms with Gasteiger partial charge in [0.1, 0.15) is 5.75 Å². The van der Waals surface area contributed by atoms with Gasteiger partial charge in [-0.3, -0.25) is 0 Å². The monoisotopic (exact) mass is 365 g/mol. The number of hydrogen-bond acceptors (Lipinski definition) is 1. The van der Waals surface area contributed by atoms with Crippen molar-refractivity contribution >= 4 is 11.6 Å². The molecule has 1 heterocycles. The molecular formula is C19H15ClF3NO. The Morgan fingerprint density at radius 3 is 2.12 bits per heavy atom. The average molecular weight is 366 g/mol. The quantitative estimate of drug-likeness (QED) is 0.512. The van der Waals surface area contributed by atoms with Gasteiger partial charge < -0.3 is 9.30 Å². The van der Waals surface area contributed by atoms with Crippen molar-refractivity contribution in [1.29, 1.82) is 0 Å². The van der Waals surface area contributed by atoms with Crippen LogP contribution in [0.5, 0.6) is 11.5 Å². The highest BCUT2D eigenvalue weighted by atomic mass is 35.5. The average Bonchev–Trinajstić information content (AvgIpc) is 3.06. The van der Waals surface area contributed by atoms with Crippen LogP contribution in [0.2, 0.25) is 5.02 Å². The molecule has 0 N–H and O–H groups in total. The Morgan fingerprint density at radius 1 is 0.960 bits per heavy atom. The summed E-state index contributed by atoms with van der Waals surface area (Å²) in [6.07, 6.45) is -1.09. The van der Waals surface area contributed by atoms with Gasteiger partial charge in [0.15, 0.2) is 5.75 Å². The highest BCUT2D eigenvalue weighted by Crippen LogP contribution is 2.37. The van der Waals surface area contributed by atoms with Gasteiger partial charge in [0, 0.05) is 17.4 Å². The molecule has 0 fully saturated rings. The zero-order chi connectivity index (χ0) is 18.2. The maximum atomic E-state index is 13.1. The molecule has 0 spiro atoms. The van der Waals surface area contributed by atoms with Crippen molar-refractivity contribution in [2.45, 2.75) is 20.0 Å². The van der Waals surface area contributed by atoms with Crippen molar-refractivity contribution in [3.63, 3.8) is 0 Å². The molecule has 2 nitrogen and oxygen atoms in total. The second-order valence-electron chi connectivity index (χ2n) is 5.74. The molecule has 0 radical (unpaired) electrons. The number of aromatic nitrogens is 1. The number of hydrogen-bond donors (Lipinski definition) is 0. The molecule has 3 rings (SSSR count). The number of nitrogens with zero attached hydrogens (tertiary/aromatic N) is 1. The molecule has 130 valence electrons. The van der Waals surface area contributed by atoms with Crippen LogP contribution in [0.15, 0.2) is 54.9 Å². The molecule has 0 saturated carbocycles. The Kier molecular flexibility index (Phi) is 4.52. The molecule has 0 unspecified atom stereocenters. The fourth-order valence-corrected chi connectivity index (χ4v) is 2.68. The van der Waals surface area contributed by atoms with Crippen molar-refractivity contribution in [3.8, 4) is 17.2 Å². The minimum atomic E-state index is -4.42. The van der Waals surface area contributed by atoms with Crippen LogP contribution < -0.4 is 4.74 Å². The summed E-state index contributed by atoms with van der Waals surface area (Å²) in [6.45, 7) is 3.70. The molecule has 0 bridgehead atoms. The standard InChI is InChI=1S/C19H15ClF3NO/c1-12-9-15(10-13(2)18(12)20)25-17-6-5-14(19(21,22)23)11-16(17)24-7-3-4-8-24/h3-11H,1-2H3. The third-order valence-corrected chi connectivity index (χ3v) is 4.40. The smallest absolute Gasteiger partial charge is 0.416 e. The third-order valence-electron chi connectivity index (χ3n) is 3.81. The Labute approximate surface area is 148 Å². The van der Waals surface area contributed by atoms with Gasteiger partial charge >= 0.3 is 6.18 Å². The van der Waals surface area contributed by atoms with E-state index in [4.69, 9.17) is 16.3 Å². The first kappa shape index (κ1) is 17.4. The van der Waals surface area contributed by atoms with Crippen LogP contribution in [-0.2, 0) is 6.18 Å². The van der Waals surface area contributed by atoms with Crippen molar-refractivity contribution in [3.05, 3.63) is 76.6 Å². The molecule has 3 aromatic rings. The highest BCUT2D eigenvalue weighted by molar-refractivity contribution is 6.32. The van der Waals surface area contributed by atoms with Crippen molar-refractivity contribution in [2.75, 3.05) is 0 Å². The number of aryl methyl sites for hydroxylation is 2. The topological polar surface area (TPSA) is 14.2 Å². The Morgan fingerprint density at radius 2 is 1.56 bits per heavy atom. The molecule has 0 atom stereocenters. The molecular weight excluding hydrogens is 351 g/mol. The van der Waals surface area contributed by atoms with Gasteiger partial charge in [0.2, 0.25) is 0 Å². The van der Waals surface area contributed by atoms with Gasteiger partial charge in [0.25, 0.3) is 0 Å². The third kappa shape index (κ3) is 3.66. The zero-order valence-electron chi connectivity index (χ0n) is 13.6. The summed E-state index contributed by atoms with van der Waals surface area (Å²) in [5.74, 6) is 0.845. The number of alkyl halides is 3. The van der Waals surface area contributed by atoms with Gasteiger partial charge in [-0.05, 0) is 67.4 Å². The maximum absolute atomic E-state index is 13.1. The lowest BCUT2D eigenvalue weighted by molar-refractivity contribution is -0.137. The van der Waals surface area contributed by atoms with Gasteiger partial charge in [-0.1, -0.05) is 11.6 Å². The van der Waals surface area contributed by atoms with Crippen LogP contribution in [-0.4, -0.2) is 4.57 Å². The normalized spacial score (nSPS) is 11.6. The first-order chi connectivity index (χ1) is 11.8. The van der Waals surface area contributed by atoms with Crippen LogP contribution in [0, 0.1) is 13.8 Å². The van der Waals surface area contributed by atoms with E-state index in [1.165, 1.54) is 6.07 Å². The summed E-state index contributed by atoms with van der Waals surface area (Å²) < 4.78 is 46.6. The van der Waals surface area contributed by atoms with E-state index in [-0.39, 0.29) is 0 Å². The minimum absolute atomic E-state index is 0.310. The summed E-state index contributed by atoms with van der Waals surface area (Å²) >= 11 is 6.15. The Balaban J connectivity index is 2.07. The van der Waals surface area contributed by atoms with Gasteiger partial charge in [-0.25, -0.2) is 0 Å². The molecule has 0 amide bonds. The second kappa shape index (κ2) is 6.48. The number of benzene rings is 2. The number of rotatable bonds is 3. The largest absolute Gasteiger partial charge is 0.455 e. The highest BCUT2D eigenvalue weighted by Gasteiger charge is 2.31. The lowest BCUT2D eigenvalue weighted by atomic mass is 10.1. The van der Waals surface area contributed by atoms with Gasteiger partial charge in [-0.15, -0.1) is 0 Å². The van der Waals surface area contributed by atoms with E-state index in [0.29, 0.717) is 22.2 Å². The predicted octanol–water partition coefficient (Wildman–Crippen LogP) is 6.56. The molecule has 2 aromatic carbocycles. The molecule has 0 aliphatic carbocycles. The van der Waals surface area contributed by atoms with Crippen LogP contribution in [0.4, 0.5) is 13.2 Å². The minimum Gasteiger partial charge on any atom is -0.455 e. The first-order valence-electron chi connectivity index (χ1n) is 7.55. The second-order valence-corrected chi connectivity index (χ2v) is 6.12. The zero-order valence-corrected chi connectivity index (χ0v) is 14.3. The van der Waals surface area contributed by atoms with Crippen LogP contribution >= 0.6 is 11.6 Å². The van der Waals surface area contributed by atoms with E-state index in [0.717, 1.165) is 23.3 Å². The maximum Gasteiger partial charge on any atom is 0.416 e. The van der Waals surface area contributed by atoms with E-state index >= 15 is 0 Å². The van der Waals surface area contributed by atoms with E-state index in [1.807, 2.05) is 13.8 Å². The summed E-state index contributed by atoms with van der Waals surface area (Å²) in [7, 11) is 0. The van der Waals surface area contributed by atoms with E-state index in [9.17, 15) is 13.2 Å². The van der Waals surface area contributed by atoms with Crippen molar-refractivity contribution in [2.24, 2.45) is 0 Å². The summed E-state index contributed by atoms with van der Waals surface area (Å²) in [4.78, 5) is 0. The Hall–Kier alpha value is -2.40. The molecule has 6 heteroatoms. The van der Waals surface area contributed by atoms with E-state index in [2.05, 4.69) is 0 Å². The summed E-state index contributed by atoms with van der Waals surface area (Å²) in [6, 6.07) is 10.4. The van der Waals surface area contributed by atoms with Gasteiger partial charge in [0.05, 0.1) is 11.3 Å². The lowest BCUT2D eigenvalue weighted by Gasteiger charge is -2.16. The summed E-state index contributed by atoms with van der Waals surface area (Å²) in [5, 5.41) is 0.644. The Bertz CT molecular complexity index is 879. The molecule has 0 saturated heterocycles. The van der Waals surface area contributed by atoms with Crippen LogP contribution in [0.1, 0.15) is 16.7 Å². The van der Waals surface area contributed by atoms with E-state index < -0.39 is 11.7 Å². The van der Waals surface area contributed by atoms with E-state index in [1.54, 1.807) is 41.2 Å². The lowest BCUT2D eigenvalue weighted by Crippen LogP contribution is -2.06.